The van der Waals surface area contributed by atoms with E-state index in [0.717, 1.165) is 42.1 Å². The molecule has 3 heterocycles. The number of ketones is 1. The van der Waals surface area contributed by atoms with Gasteiger partial charge in [-0.3, -0.25) is 9.78 Å². The third-order valence-corrected chi connectivity index (χ3v) is 5.74. The van der Waals surface area contributed by atoms with Gasteiger partial charge >= 0.3 is 0 Å². The van der Waals surface area contributed by atoms with Gasteiger partial charge in [0.2, 0.25) is 0 Å². The van der Waals surface area contributed by atoms with Gasteiger partial charge in [0, 0.05) is 31.2 Å². The Labute approximate surface area is 172 Å². The van der Waals surface area contributed by atoms with Crippen molar-refractivity contribution in [3.8, 4) is 0 Å². The van der Waals surface area contributed by atoms with Crippen molar-refractivity contribution in [1.82, 2.24) is 15.0 Å². The largest absolute Gasteiger partial charge is 0.364 e. The lowest BCUT2D eigenvalue weighted by Gasteiger charge is -2.33. The molecule has 1 N–H and O–H groups in total. The summed E-state index contributed by atoms with van der Waals surface area (Å²) in [5.41, 5.74) is 1.06. The topological polar surface area (TPSA) is 71.0 Å². The summed E-state index contributed by atoms with van der Waals surface area (Å²) in [4.78, 5) is 28.5. The normalized spacial score (nSPS) is 17.3. The molecule has 1 saturated carbocycles. The van der Waals surface area contributed by atoms with E-state index in [2.05, 4.69) is 15.2 Å². The number of carbonyl (C=O) groups is 1. The number of piperidine rings is 1. The number of hydrogen-bond acceptors (Lipinski definition) is 6. The van der Waals surface area contributed by atoms with Crippen molar-refractivity contribution < 1.29 is 13.6 Å². The van der Waals surface area contributed by atoms with Gasteiger partial charge in [-0.2, -0.15) is 0 Å². The van der Waals surface area contributed by atoms with E-state index in [4.69, 9.17) is 9.97 Å². The minimum Gasteiger partial charge on any atom is -0.364 e. The molecular weight excluding hydrogens is 388 g/mol. The summed E-state index contributed by atoms with van der Waals surface area (Å²) in [6.45, 7) is 1.12. The highest BCUT2D eigenvalue weighted by molar-refractivity contribution is 5.98. The van der Waals surface area contributed by atoms with Gasteiger partial charge in [-0.25, -0.2) is 18.7 Å². The minimum absolute atomic E-state index is 0.414. The van der Waals surface area contributed by atoms with E-state index in [9.17, 15) is 13.6 Å². The van der Waals surface area contributed by atoms with Gasteiger partial charge in [0.1, 0.15) is 17.2 Å². The molecule has 0 amide bonds. The van der Waals surface area contributed by atoms with Gasteiger partial charge in [0.25, 0.3) is 0 Å². The molecule has 1 aliphatic heterocycles. The molecule has 0 spiro atoms. The SMILES string of the molecule is O=C(c1c(F)cccc1F)C1CCN(c2nc3cnccc3nc2NC2CC2)CC1. The van der Waals surface area contributed by atoms with E-state index < -0.39 is 28.9 Å². The van der Waals surface area contributed by atoms with Crippen LogP contribution in [0.4, 0.5) is 20.4 Å². The molecule has 2 aromatic heterocycles. The van der Waals surface area contributed by atoms with Crippen LogP contribution in [0.25, 0.3) is 11.0 Å². The Kier molecular flexibility index (Phi) is 4.77. The van der Waals surface area contributed by atoms with E-state index in [-0.39, 0.29) is 0 Å². The second-order valence-corrected chi connectivity index (χ2v) is 7.90. The van der Waals surface area contributed by atoms with Gasteiger partial charge in [0.15, 0.2) is 17.4 Å². The Hall–Kier alpha value is -3.16. The Morgan fingerprint density at radius 3 is 2.43 bits per heavy atom. The molecule has 2 aliphatic rings. The van der Waals surface area contributed by atoms with Crippen LogP contribution in [0.3, 0.4) is 0 Å². The summed E-state index contributed by atoms with van der Waals surface area (Å²) in [6, 6.07) is 5.77. The van der Waals surface area contributed by atoms with Crippen molar-refractivity contribution in [2.45, 2.75) is 31.7 Å². The third-order valence-electron chi connectivity index (χ3n) is 5.74. The van der Waals surface area contributed by atoms with Crippen LogP contribution in [0.5, 0.6) is 0 Å². The van der Waals surface area contributed by atoms with Crippen molar-refractivity contribution in [1.29, 1.82) is 0 Å². The molecule has 154 valence electrons. The van der Waals surface area contributed by atoms with Crippen molar-refractivity contribution in [2.24, 2.45) is 5.92 Å². The quantitative estimate of drug-likeness (QED) is 0.643. The Bertz CT molecular complexity index is 1090. The third kappa shape index (κ3) is 3.58. The van der Waals surface area contributed by atoms with Crippen LogP contribution in [0.15, 0.2) is 36.7 Å². The van der Waals surface area contributed by atoms with Crippen LogP contribution in [-0.2, 0) is 0 Å². The predicted octanol–water partition coefficient (Wildman–Crippen LogP) is 3.98. The fourth-order valence-corrected chi connectivity index (χ4v) is 3.93. The molecule has 0 radical (unpaired) electrons. The van der Waals surface area contributed by atoms with Gasteiger partial charge in [0.05, 0.1) is 17.3 Å². The van der Waals surface area contributed by atoms with E-state index >= 15 is 0 Å². The van der Waals surface area contributed by atoms with Crippen molar-refractivity contribution in [3.05, 3.63) is 53.9 Å². The molecule has 2 fully saturated rings. The fraction of sp³-hybridized carbons (Fsp3) is 0.364. The number of benzene rings is 1. The Morgan fingerprint density at radius 1 is 1.00 bits per heavy atom. The molecule has 1 aromatic carbocycles. The summed E-state index contributed by atoms with van der Waals surface area (Å²) < 4.78 is 28.0. The standard InChI is InChI=1S/C22H21F2N5O/c23-15-2-1-3-16(24)19(15)20(30)13-7-10-29(11-8-13)22-21(26-14-4-5-14)27-17-6-9-25-12-18(17)28-22/h1-3,6,9,12-14H,4-5,7-8,10-11H2,(H,26,27). The van der Waals surface area contributed by atoms with Crippen molar-refractivity contribution >= 4 is 28.5 Å². The molecule has 0 bridgehead atoms. The maximum atomic E-state index is 14.0. The van der Waals surface area contributed by atoms with E-state index in [1.807, 2.05) is 6.07 Å². The van der Waals surface area contributed by atoms with Crippen LogP contribution in [0, 0.1) is 17.6 Å². The summed E-state index contributed by atoms with van der Waals surface area (Å²) in [7, 11) is 0. The van der Waals surface area contributed by atoms with E-state index in [1.54, 1.807) is 12.4 Å². The number of halogens is 2. The molecule has 8 heteroatoms. The lowest BCUT2D eigenvalue weighted by atomic mass is 9.88. The number of rotatable bonds is 5. The zero-order valence-electron chi connectivity index (χ0n) is 16.3. The maximum absolute atomic E-state index is 14.0. The van der Waals surface area contributed by atoms with Gasteiger partial charge in [-0.05, 0) is 43.9 Å². The first kappa shape index (κ1) is 18.8. The van der Waals surface area contributed by atoms with Crippen molar-refractivity contribution in [3.63, 3.8) is 0 Å². The predicted molar refractivity (Wildman–Crippen MR) is 110 cm³/mol. The van der Waals surface area contributed by atoms with Gasteiger partial charge in [-0.1, -0.05) is 6.07 Å². The molecule has 0 unspecified atom stereocenters. The molecule has 1 aliphatic carbocycles. The number of fused-ring (bicyclic) bond motifs is 1. The average molecular weight is 409 g/mol. The first-order valence-electron chi connectivity index (χ1n) is 10.2. The highest BCUT2D eigenvalue weighted by Gasteiger charge is 2.31. The lowest BCUT2D eigenvalue weighted by molar-refractivity contribution is 0.0891. The minimum atomic E-state index is -0.800. The van der Waals surface area contributed by atoms with Crippen LogP contribution in [0.2, 0.25) is 0 Å². The lowest BCUT2D eigenvalue weighted by Crippen LogP contribution is -2.37. The zero-order valence-corrected chi connectivity index (χ0v) is 16.3. The monoisotopic (exact) mass is 409 g/mol. The smallest absolute Gasteiger partial charge is 0.172 e. The van der Waals surface area contributed by atoms with Crippen LogP contribution in [0.1, 0.15) is 36.0 Å². The molecule has 1 saturated heterocycles. The highest BCUT2D eigenvalue weighted by atomic mass is 19.1. The first-order valence-corrected chi connectivity index (χ1v) is 10.2. The molecular formula is C22H21F2N5O. The number of anilines is 2. The fourth-order valence-electron chi connectivity index (χ4n) is 3.93. The van der Waals surface area contributed by atoms with Gasteiger partial charge in [-0.15, -0.1) is 0 Å². The number of Topliss-reactive ketones (excluding diaryl/α,β-unsaturated/α-hetero) is 1. The Morgan fingerprint density at radius 2 is 1.73 bits per heavy atom. The molecule has 3 aromatic rings. The van der Waals surface area contributed by atoms with Crippen LogP contribution in [-0.4, -0.2) is 39.9 Å². The summed E-state index contributed by atoms with van der Waals surface area (Å²) in [6.07, 6.45) is 6.60. The van der Waals surface area contributed by atoms with Crippen molar-refractivity contribution in [2.75, 3.05) is 23.3 Å². The van der Waals surface area contributed by atoms with Crippen LogP contribution < -0.4 is 10.2 Å². The maximum Gasteiger partial charge on any atom is 0.172 e. The summed E-state index contributed by atoms with van der Waals surface area (Å²) >= 11 is 0. The number of carbonyl (C=O) groups excluding carboxylic acids is 1. The number of nitrogens with zero attached hydrogens (tertiary/aromatic N) is 4. The summed E-state index contributed by atoms with van der Waals surface area (Å²) in [5, 5.41) is 3.45. The van der Waals surface area contributed by atoms with Crippen LogP contribution >= 0.6 is 0 Å². The molecule has 0 atom stereocenters. The number of aromatic nitrogens is 3. The van der Waals surface area contributed by atoms with E-state index in [0.29, 0.717) is 37.5 Å². The van der Waals surface area contributed by atoms with E-state index in [1.165, 1.54) is 6.07 Å². The Balaban J connectivity index is 1.37. The molecule has 30 heavy (non-hydrogen) atoms. The second-order valence-electron chi connectivity index (χ2n) is 7.90. The average Bonchev–Trinajstić information content (AvgIpc) is 3.57. The zero-order chi connectivity index (χ0) is 20.7. The van der Waals surface area contributed by atoms with Gasteiger partial charge < -0.3 is 10.2 Å². The first-order chi connectivity index (χ1) is 14.6. The summed E-state index contributed by atoms with van der Waals surface area (Å²) in [5.74, 6) is -0.998. The number of hydrogen-bond donors (Lipinski definition) is 1. The molecule has 5 rings (SSSR count). The number of nitrogens with one attached hydrogen (secondary N) is 1. The molecule has 6 nitrogen and oxygen atoms in total. The number of pyridine rings is 1. The second kappa shape index (κ2) is 7.59. The highest BCUT2D eigenvalue weighted by Crippen LogP contribution is 2.33.